The highest BCUT2D eigenvalue weighted by Crippen LogP contribution is 2.19. The van der Waals surface area contributed by atoms with Gasteiger partial charge in [-0.05, 0) is 37.1 Å². The second kappa shape index (κ2) is 7.65. The average Bonchev–Trinajstić information content (AvgIpc) is 2.54. The fraction of sp³-hybridized carbons (Fsp3) is 0.278. The van der Waals surface area contributed by atoms with Crippen LogP contribution in [-0.4, -0.2) is 22.3 Å². The maximum Gasteiger partial charge on any atom is 0.315 e. The molecule has 5 heteroatoms. The molecule has 0 aliphatic carbocycles. The molecular weight excluding hydrogens is 292 g/mol. The van der Waals surface area contributed by atoms with Crippen LogP contribution in [0.5, 0.6) is 5.75 Å². The number of phenols is 1. The Kier molecular flexibility index (Phi) is 5.60. The number of aliphatic hydroxyl groups is 1. The maximum atomic E-state index is 11.9. The van der Waals surface area contributed by atoms with Crippen LogP contribution in [0.3, 0.4) is 0 Å². The van der Waals surface area contributed by atoms with Crippen molar-refractivity contribution in [1.29, 1.82) is 0 Å². The third-order valence-corrected chi connectivity index (χ3v) is 3.64. The van der Waals surface area contributed by atoms with Gasteiger partial charge in [0.2, 0.25) is 0 Å². The van der Waals surface area contributed by atoms with Crippen LogP contribution in [0.15, 0.2) is 48.5 Å². The van der Waals surface area contributed by atoms with Gasteiger partial charge in [0.1, 0.15) is 5.75 Å². The first-order valence-corrected chi connectivity index (χ1v) is 7.52. The Morgan fingerprint density at radius 1 is 1.09 bits per heavy atom. The van der Waals surface area contributed by atoms with Gasteiger partial charge in [0.15, 0.2) is 0 Å². The van der Waals surface area contributed by atoms with Crippen LogP contribution in [0.4, 0.5) is 4.79 Å². The molecule has 0 radical (unpaired) electrons. The van der Waals surface area contributed by atoms with Crippen molar-refractivity contribution in [2.75, 3.05) is 0 Å². The highest BCUT2D eigenvalue weighted by atomic mass is 16.3. The van der Waals surface area contributed by atoms with E-state index in [0.29, 0.717) is 12.1 Å². The summed E-state index contributed by atoms with van der Waals surface area (Å²) < 4.78 is 0. The van der Waals surface area contributed by atoms with E-state index in [1.807, 2.05) is 31.2 Å². The third kappa shape index (κ3) is 5.00. The zero-order valence-electron chi connectivity index (χ0n) is 13.3. The molecule has 2 rings (SSSR count). The molecule has 0 fully saturated rings. The van der Waals surface area contributed by atoms with Crippen molar-refractivity contribution < 1.29 is 15.0 Å². The summed E-state index contributed by atoms with van der Waals surface area (Å²) in [5.74, 6) is 0.136. The quantitative estimate of drug-likeness (QED) is 0.685. The lowest BCUT2D eigenvalue weighted by Crippen LogP contribution is -2.43. The molecule has 2 aromatic carbocycles. The Labute approximate surface area is 136 Å². The lowest BCUT2D eigenvalue weighted by atomic mass is 10.0. The van der Waals surface area contributed by atoms with Gasteiger partial charge in [0.25, 0.3) is 0 Å². The average molecular weight is 314 g/mol. The first kappa shape index (κ1) is 16.8. The molecule has 0 saturated heterocycles. The number of aromatic hydroxyl groups is 1. The highest BCUT2D eigenvalue weighted by Gasteiger charge is 2.18. The number of hydrogen-bond acceptors (Lipinski definition) is 3. The number of nitrogens with one attached hydrogen (secondary N) is 2. The number of aliphatic hydroxyl groups excluding tert-OH is 1. The van der Waals surface area contributed by atoms with E-state index in [0.717, 1.165) is 5.56 Å². The first-order chi connectivity index (χ1) is 11.0. The number of benzene rings is 2. The number of aryl methyl sites for hydroxylation is 1. The lowest BCUT2D eigenvalue weighted by molar-refractivity contribution is 0.137. The van der Waals surface area contributed by atoms with E-state index >= 15 is 0 Å². The molecule has 4 N–H and O–H groups in total. The number of rotatable bonds is 5. The summed E-state index contributed by atoms with van der Waals surface area (Å²) in [6, 6.07) is 13.4. The number of hydrogen-bond donors (Lipinski definition) is 4. The second-order valence-electron chi connectivity index (χ2n) is 5.64. The van der Waals surface area contributed by atoms with E-state index in [-0.39, 0.29) is 11.8 Å². The summed E-state index contributed by atoms with van der Waals surface area (Å²) in [5, 5.41) is 25.0. The fourth-order valence-corrected chi connectivity index (χ4v) is 2.19. The second-order valence-corrected chi connectivity index (χ2v) is 5.64. The molecule has 0 saturated carbocycles. The molecule has 0 spiro atoms. The largest absolute Gasteiger partial charge is 0.508 e. The Bertz CT molecular complexity index is 638. The lowest BCUT2D eigenvalue weighted by Gasteiger charge is -2.21. The van der Waals surface area contributed by atoms with Crippen molar-refractivity contribution in [2.24, 2.45) is 0 Å². The van der Waals surface area contributed by atoms with Crippen LogP contribution in [0.25, 0.3) is 0 Å². The predicted molar refractivity (Wildman–Crippen MR) is 89.1 cm³/mol. The van der Waals surface area contributed by atoms with Crippen LogP contribution < -0.4 is 10.6 Å². The zero-order chi connectivity index (χ0) is 16.8. The first-order valence-electron chi connectivity index (χ1n) is 7.52. The SMILES string of the molecule is Cc1ccc(CNC(=O)N[C@@H](C)[C@@H](O)c2ccc(O)cc2)cc1. The smallest absolute Gasteiger partial charge is 0.315 e. The number of urea groups is 1. The molecule has 2 atom stereocenters. The number of amides is 2. The minimum absolute atomic E-state index is 0.136. The zero-order valence-corrected chi connectivity index (χ0v) is 13.3. The molecule has 2 aromatic rings. The minimum atomic E-state index is -0.847. The van der Waals surface area contributed by atoms with Gasteiger partial charge in [-0.25, -0.2) is 4.79 Å². The maximum absolute atomic E-state index is 11.9. The van der Waals surface area contributed by atoms with Gasteiger partial charge in [-0.15, -0.1) is 0 Å². The summed E-state index contributed by atoms with van der Waals surface area (Å²) in [6.45, 7) is 4.16. The van der Waals surface area contributed by atoms with Crippen molar-refractivity contribution in [3.63, 3.8) is 0 Å². The van der Waals surface area contributed by atoms with Crippen molar-refractivity contribution >= 4 is 6.03 Å². The number of carbonyl (C=O) groups is 1. The summed E-state index contributed by atoms with van der Waals surface area (Å²) in [4.78, 5) is 11.9. The van der Waals surface area contributed by atoms with E-state index < -0.39 is 12.1 Å². The van der Waals surface area contributed by atoms with Gasteiger partial charge in [0, 0.05) is 6.54 Å². The number of phenolic OH excluding ortho intramolecular Hbond substituents is 1. The van der Waals surface area contributed by atoms with Crippen LogP contribution in [0.1, 0.15) is 29.7 Å². The molecule has 0 heterocycles. The predicted octanol–water partition coefficient (Wildman–Crippen LogP) is 2.62. The monoisotopic (exact) mass is 314 g/mol. The molecule has 122 valence electrons. The minimum Gasteiger partial charge on any atom is -0.508 e. The van der Waals surface area contributed by atoms with Crippen molar-refractivity contribution in [3.8, 4) is 5.75 Å². The molecule has 2 amide bonds. The van der Waals surface area contributed by atoms with Gasteiger partial charge < -0.3 is 20.8 Å². The molecular formula is C18H22N2O3. The van der Waals surface area contributed by atoms with Crippen molar-refractivity contribution in [1.82, 2.24) is 10.6 Å². The van der Waals surface area contributed by atoms with Gasteiger partial charge in [-0.2, -0.15) is 0 Å². The Balaban J connectivity index is 1.84. The van der Waals surface area contributed by atoms with Gasteiger partial charge in [-0.3, -0.25) is 0 Å². The Hall–Kier alpha value is -2.53. The molecule has 23 heavy (non-hydrogen) atoms. The van der Waals surface area contributed by atoms with E-state index in [1.165, 1.54) is 17.7 Å². The summed E-state index contributed by atoms with van der Waals surface area (Å²) in [5.41, 5.74) is 2.82. The highest BCUT2D eigenvalue weighted by molar-refractivity contribution is 5.74. The Morgan fingerprint density at radius 2 is 1.70 bits per heavy atom. The fourth-order valence-electron chi connectivity index (χ4n) is 2.19. The topological polar surface area (TPSA) is 81.6 Å². The van der Waals surface area contributed by atoms with E-state index in [4.69, 9.17) is 0 Å². The molecule has 0 unspecified atom stereocenters. The van der Waals surface area contributed by atoms with Gasteiger partial charge in [0.05, 0.1) is 12.1 Å². The summed E-state index contributed by atoms with van der Waals surface area (Å²) >= 11 is 0. The molecule has 0 aliphatic heterocycles. The van der Waals surface area contributed by atoms with E-state index in [9.17, 15) is 15.0 Å². The molecule has 0 aromatic heterocycles. The normalized spacial score (nSPS) is 13.2. The van der Waals surface area contributed by atoms with Crippen molar-refractivity contribution in [2.45, 2.75) is 32.5 Å². The molecule has 0 aliphatic rings. The molecule has 0 bridgehead atoms. The number of carbonyl (C=O) groups excluding carboxylic acids is 1. The Morgan fingerprint density at radius 3 is 2.30 bits per heavy atom. The van der Waals surface area contributed by atoms with E-state index in [2.05, 4.69) is 10.6 Å². The third-order valence-electron chi connectivity index (χ3n) is 3.64. The summed E-state index contributed by atoms with van der Waals surface area (Å²) in [6.07, 6.45) is -0.847. The van der Waals surface area contributed by atoms with Gasteiger partial charge in [-0.1, -0.05) is 42.0 Å². The van der Waals surface area contributed by atoms with Crippen LogP contribution >= 0.6 is 0 Å². The van der Waals surface area contributed by atoms with Gasteiger partial charge >= 0.3 is 6.03 Å². The van der Waals surface area contributed by atoms with Crippen LogP contribution in [0, 0.1) is 6.92 Å². The summed E-state index contributed by atoms with van der Waals surface area (Å²) in [7, 11) is 0. The van der Waals surface area contributed by atoms with Crippen molar-refractivity contribution in [3.05, 3.63) is 65.2 Å². The van der Waals surface area contributed by atoms with Crippen LogP contribution in [-0.2, 0) is 6.54 Å². The molecule has 5 nitrogen and oxygen atoms in total. The standard InChI is InChI=1S/C18H22N2O3/c1-12-3-5-14(6-4-12)11-19-18(23)20-13(2)17(22)15-7-9-16(21)10-8-15/h3-10,13,17,21-22H,11H2,1-2H3,(H2,19,20,23)/t13-,17+/m0/s1. The van der Waals surface area contributed by atoms with Crippen LogP contribution in [0.2, 0.25) is 0 Å². The van der Waals surface area contributed by atoms with E-state index in [1.54, 1.807) is 19.1 Å².